The van der Waals surface area contributed by atoms with Crippen LogP contribution in [0.3, 0.4) is 0 Å². The van der Waals surface area contributed by atoms with Crippen molar-refractivity contribution in [3.05, 3.63) is 70.5 Å². The van der Waals surface area contributed by atoms with Crippen molar-refractivity contribution in [2.45, 2.75) is 13.0 Å². The van der Waals surface area contributed by atoms with E-state index in [4.69, 9.17) is 4.74 Å². The van der Waals surface area contributed by atoms with E-state index in [2.05, 4.69) is 10.3 Å². The van der Waals surface area contributed by atoms with Crippen LogP contribution in [0.2, 0.25) is 0 Å². The lowest BCUT2D eigenvalue weighted by atomic mass is 10.1. The Morgan fingerprint density at radius 2 is 1.75 bits per heavy atom. The topological polar surface area (TPSA) is 91.5 Å². The lowest BCUT2D eigenvalue weighted by Gasteiger charge is -2.16. The minimum absolute atomic E-state index is 0.120. The molecule has 1 aromatic heterocycles. The highest BCUT2D eigenvalue weighted by Crippen LogP contribution is 2.18. The van der Waals surface area contributed by atoms with Crippen LogP contribution in [0.5, 0.6) is 0 Å². The molecule has 1 atom stereocenters. The van der Waals surface area contributed by atoms with Gasteiger partial charge >= 0.3 is 5.97 Å². The molecule has 0 aliphatic heterocycles. The van der Waals surface area contributed by atoms with Gasteiger partial charge in [0.1, 0.15) is 0 Å². The summed E-state index contributed by atoms with van der Waals surface area (Å²) in [4.78, 5) is 41.3. The Kier molecular flexibility index (Phi) is 5.44. The van der Waals surface area contributed by atoms with Gasteiger partial charge in [0, 0.05) is 42.4 Å². The largest absolute Gasteiger partial charge is 0.449 e. The third kappa shape index (κ3) is 4.20. The third-order valence-electron chi connectivity index (χ3n) is 4.27. The second-order valence-electron chi connectivity index (χ2n) is 6.57. The second-order valence-corrected chi connectivity index (χ2v) is 6.57. The average Bonchev–Trinajstić information content (AvgIpc) is 2.67. The predicted molar refractivity (Wildman–Crippen MR) is 109 cm³/mol. The maximum Gasteiger partial charge on any atom is 0.339 e. The quantitative estimate of drug-likeness (QED) is 0.665. The van der Waals surface area contributed by atoms with Crippen LogP contribution in [0, 0.1) is 0 Å². The Morgan fingerprint density at radius 1 is 1.07 bits per heavy atom. The van der Waals surface area contributed by atoms with E-state index < -0.39 is 23.5 Å². The van der Waals surface area contributed by atoms with Crippen molar-refractivity contribution in [1.82, 2.24) is 4.98 Å². The molecule has 0 saturated heterocycles. The highest BCUT2D eigenvalue weighted by atomic mass is 16.5. The van der Waals surface area contributed by atoms with Crippen LogP contribution in [-0.2, 0) is 9.53 Å². The van der Waals surface area contributed by atoms with Gasteiger partial charge in [-0.1, -0.05) is 18.2 Å². The van der Waals surface area contributed by atoms with Gasteiger partial charge in [0.25, 0.3) is 5.91 Å². The monoisotopic (exact) mass is 379 g/mol. The van der Waals surface area contributed by atoms with Crippen LogP contribution in [-0.4, -0.2) is 37.1 Å². The van der Waals surface area contributed by atoms with Crippen molar-refractivity contribution >= 4 is 34.2 Å². The molecule has 0 fully saturated rings. The summed E-state index contributed by atoms with van der Waals surface area (Å²) in [6.07, 6.45) is -1.03. The average molecular weight is 379 g/mol. The van der Waals surface area contributed by atoms with Gasteiger partial charge in [-0.2, -0.15) is 0 Å². The standard InChI is InChI=1S/C21H21N3O4/c1-13(20(26)22-14-8-10-15(11-9-14)24(2)3)28-21(27)17-12-19(25)23-18-7-5-4-6-16(17)18/h4-13H,1-3H3,(H,22,26)(H,23,25)/t13-/m0/s1. The number of pyridine rings is 1. The van der Waals surface area contributed by atoms with Gasteiger partial charge in [0.2, 0.25) is 5.56 Å². The molecular weight excluding hydrogens is 358 g/mol. The summed E-state index contributed by atoms with van der Waals surface area (Å²) >= 11 is 0. The molecule has 0 aliphatic rings. The Bertz CT molecular complexity index is 1070. The van der Waals surface area contributed by atoms with E-state index in [1.165, 1.54) is 13.0 Å². The molecule has 7 nitrogen and oxygen atoms in total. The van der Waals surface area contributed by atoms with Gasteiger partial charge in [-0.05, 0) is 37.3 Å². The fraction of sp³-hybridized carbons (Fsp3) is 0.190. The molecule has 0 unspecified atom stereocenters. The Morgan fingerprint density at radius 3 is 2.43 bits per heavy atom. The number of anilines is 2. The number of fused-ring (bicyclic) bond motifs is 1. The van der Waals surface area contributed by atoms with Crippen molar-refractivity contribution < 1.29 is 14.3 Å². The molecule has 3 rings (SSSR count). The zero-order chi connectivity index (χ0) is 20.3. The fourth-order valence-electron chi connectivity index (χ4n) is 2.74. The Hall–Kier alpha value is -3.61. The summed E-state index contributed by atoms with van der Waals surface area (Å²) in [5.41, 5.74) is 1.83. The first-order chi connectivity index (χ1) is 13.3. The number of carbonyl (C=O) groups is 2. The van der Waals surface area contributed by atoms with Gasteiger partial charge in [-0.3, -0.25) is 9.59 Å². The molecule has 0 radical (unpaired) electrons. The van der Waals surface area contributed by atoms with Crippen LogP contribution < -0.4 is 15.8 Å². The molecule has 28 heavy (non-hydrogen) atoms. The Balaban J connectivity index is 1.72. The number of hydrogen-bond acceptors (Lipinski definition) is 5. The molecular formula is C21H21N3O4. The van der Waals surface area contributed by atoms with E-state index >= 15 is 0 Å². The number of benzene rings is 2. The number of ether oxygens (including phenoxy) is 1. The normalized spacial score (nSPS) is 11.7. The number of H-pyrrole nitrogens is 1. The number of aromatic amines is 1. The molecule has 2 aromatic carbocycles. The second kappa shape index (κ2) is 7.96. The molecule has 3 aromatic rings. The van der Waals surface area contributed by atoms with Crippen LogP contribution >= 0.6 is 0 Å². The highest BCUT2D eigenvalue weighted by Gasteiger charge is 2.21. The molecule has 0 aliphatic carbocycles. The number of amides is 1. The fourth-order valence-corrected chi connectivity index (χ4v) is 2.74. The predicted octanol–water partition coefficient (Wildman–Crippen LogP) is 2.78. The van der Waals surface area contributed by atoms with Gasteiger partial charge in [0.05, 0.1) is 5.56 Å². The molecule has 0 saturated carbocycles. The zero-order valence-corrected chi connectivity index (χ0v) is 15.9. The first kappa shape index (κ1) is 19.2. The summed E-state index contributed by atoms with van der Waals surface area (Å²) in [5.74, 6) is -1.19. The molecule has 0 spiro atoms. The summed E-state index contributed by atoms with van der Waals surface area (Å²) in [6.45, 7) is 1.48. The molecule has 0 bridgehead atoms. The van der Waals surface area contributed by atoms with E-state index in [1.807, 2.05) is 31.1 Å². The molecule has 7 heteroatoms. The van der Waals surface area contributed by atoms with Crippen molar-refractivity contribution in [3.63, 3.8) is 0 Å². The lowest BCUT2D eigenvalue weighted by Crippen LogP contribution is -2.30. The number of nitrogens with zero attached hydrogens (tertiary/aromatic N) is 1. The molecule has 144 valence electrons. The van der Waals surface area contributed by atoms with Crippen molar-refractivity contribution in [1.29, 1.82) is 0 Å². The van der Waals surface area contributed by atoms with E-state index in [9.17, 15) is 14.4 Å². The summed E-state index contributed by atoms with van der Waals surface area (Å²) in [7, 11) is 3.85. The molecule has 1 heterocycles. The summed E-state index contributed by atoms with van der Waals surface area (Å²) in [6, 6.07) is 15.4. The van der Waals surface area contributed by atoms with Crippen LogP contribution in [0.25, 0.3) is 10.9 Å². The smallest absolute Gasteiger partial charge is 0.339 e. The van der Waals surface area contributed by atoms with E-state index in [0.717, 1.165) is 5.69 Å². The number of esters is 1. The van der Waals surface area contributed by atoms with E-state index in [0.29, 0.717) is 16.6 Å². The number of rotatable bonds is 5. The summed E-state index contributed by atoms with van der Waals surface area (Å²) < 4.78 is 5.28. The van der Waals surface area contributed by atoms with E-state index in [1.54, 1.807) is 36.4 Å². The molecule has 1 amide bonds. The Labute approximate surface area is 161 Å². The maximum atomic E-state index is 12.5. The van der Waals surface area contributed by atoms with E-state index in [-0.39, 0.29) is 5.56 Å². The highest BCUT2D eigenvalue weighted by molar-refractivity contribution is 6.04. The summed E-state index contributed by atoms with van der Waals surface area (Å²) in [5, 5.41) is 3.27. The van der Waals surface area contributed by atoms with Gasteiger partial charge in [-0.25, -0.2) is 4.79 Å². The van der Waals surface area contributed by atoms with Crippen molar-refractivity contribution in [2.75, 3.05) is 24.3 Å². The molecule has 2 N–H and O–H groups in total. The minimum Gasteiger partial charge on any atom is -0.449 e. The zero-order valence-electron chi connectivity index (χ0n) is 15.9. The van der Waals surface area contributed by atoms with Crippen molar-refractivity contribution in [2.24, 2.45) is 0 Å². The first-order valence-electron chi connectivity index (χ1n) is 8.76. The number of aromatic nitrogens is 1. The number of hydrogen-bond donors (Lipinski definition) is 2. The first-order valence-corrected chi connectivity index (χ1v) is 8.76. The third-order valence-corrected chi connectivity index (χ3v) is 4.27. The van der Waals surface area contributed by atoms with Gasteiger partial charge in [0.15, 0.2) is 6.10 Å². The van der Waals surface area contributed by atoms with Gasteiger partial charge < -0.3 is 19.9 Å². The lowest BCUT2D eigenvalue weighted by molar-refractivity contribution is -0.123. The minimum atomic E-state index is -1.03. The van der Waals surface area contributed by atoms with Gasteiger partial charge in [-0.15, -0.1) is 0 Å². The van der Waals surface area contributed by atoms with Crippen LogP contribution in [0.1, 0.15) is 17.3 Å². The van der Waals surface area contributed by atoms with Crippen molar-refractivity contribution in [3.8, 4) is 0 Å². The van der Waals surface area contributed by atoms with Crippen LogP contribution in [0.15, 0.2) is 59.4 Å². The maximum absolute atomic E-state index is 12.5. The number of nitrogens with one attached hydrogen (secondary N) is 2. The van der Waals surface area contributed by atoms with Crippen LogP contribution in [0.4, 0.5) is 11.4 Å². The number of para-hydroxylation sites is 1. The number of carbonyl (C=O) groups excluding carboxylic acids is 2. The SMILES string of the molecule is C[C@H](OC(=O)c1cc(=O)[nH]c2ccccc12)C(=O)Nc1ccc(N(C)C)cc1.